The predicted molar refractivity (Wildman–Crippen MR) is 91.6 cm³/mol. The fraction of sp³-hybridized carbons (Fsp3) is 0.526. The number of carbonyl (C=O) groups is 1. The predicted octanol–water partition coefficient (Wildman–Crippen LogP) is 3.64. The molecule has 0 unspecified atom stereocenters. The highest BCUT2D eigenvalue weighted by atomic mass is 16.5. The van der Waals surface area contributed by atoms with Gasteiger partial charge in [0, 0.05) is 7.11 Å². The van der Waals surface area contributed by atoms with Crippen LogP contribution in [0.1, 0.15) is 25.8 Å². The quantitative estimate of drug-likeness (QED) is 0.461. The second-order valence-corrected chi connectivity index (χ2v) is 5.89. The molecule has 4 nitrogen and oxygen atoms in total. The molecule has 0 spiro atoms. The van der Waals surface area contributed by atoms with E-state index in [1.165, 1.54) is 7.11 Å². The van der Waals surface area contributed by atoms with E-state index >= 15 is 0 Å². The Kier molecular flexibility index (Phi) is 8.59. The topological polar surface area (TPSA) is 44.8 Å². The standard InChI is InChI=1S/C19H28O4/c1-6-14(2)11-15(3)19(18(12-20)22-5)23-13-16-7-9-17(21-4)10-8-16/h6-10,12,14-15,18-19H,1,11,13H2,2-5H3/t14-,15-,18-,19-/m1/s1. The Bertz CT molecular complexity index is 469. The number of hydrogen-bond acceptors (Lipinski definition) is 4. The Morgan fingerprint density at radius 1 is 1.17 bits per heavy atom. The van der Waals surface area contributed by atoms with Crippen LogP contribution in [0.4, 0.5) is 0 Å². The summed E-state index contributed by atoms with van der Waals surface area (Å²) in [6.45, 7) is 8.42. The Morgan fingerprint density at radius 2 is 1.83 bits per heavy atom. The first kappa shape index (κ1) is 19.4. The van der Waals surface area contributed by atoms with Crippen LogP contribution in [-0.2, 0) is 20.9 Å². The molecule has 1 rings (SSSR count). The largest absolute Gasteiger partial charge is 0.497 e. The fourth-order valence-electron chi connectivity index (χ4n) is 2.58. The molecule has 0 aliphatic heterocycles. The molecule has 0 heterocycles. The number of allylic oxidation sites excluding steroid dienone is 1. The summed E-state index contributed by atoms with van der Waals surface area (Å²) in [6, 6.07) is 7.69. The molecule has 0 saturated heterocycles. The van der Waals surface area contributed by atoms with Gasteiger partial charge in [-0.2, -0.15) is 0 Å². The van der Waals surface area contributed by atoms with E-state index in [1.54, 1.807) is 7.11 Å². The van der Waals surface area contributed by atoms with E-state index in [4.69, 9.17) is 14.2 Å². The number of ether oxygens (including phenoxy) is 3. The molecule has 0 N–H and O–H groups in total. The molecular formula is C19H28O4. The maximum Gasteiger partial charge on any atom is 0.151 e. The van der Waals surface area contributed by atoms with Gasteiger partial charge in [-0.3, -0.25) is 0 Å². The van der Waals surface area contributed by atoms with Gasteiger partial charge in [-0.15, -0.1) is 6.58 Å². The van der Waals surface area contributed by atoms with Crippen molar-refractivity contribution in [3.63, 3.8) is 0 Å². The molecule has 0 bridgehead atoms. The molecule has 0 aromatic heterocycles. The number of methoxy groups -OCH3 is 2. The lowest BCUT2D eigenvalue weighted by Gasteiger charge is -2.29. The maximum atomic E-state index is 11.3. The number of hydrogen-bond donors (Lipinski definition) is 0. The molecule has 0 fully saturated rings. The van der Waals surface area contributed by atoms with E-state index in [0.717, 1.165) is 24.0 Å². The summed E-state index contributed by atoms with van der Waals surface area (Å²) in [5.74, 6) is 1.35. The summed E-state index contributed by atoms with van der Waals surface area (Å²) >= 11 is 0. The van der Waals surface area contributed by atoms with Crippen molar-refractivity contribution in [1.29, 1.82) is 0 Å². The summed E-state index contributed by atoms with van der Waals surface area (Å²) < 4.78 is 16.5. The minimum Gasteiger partial charge on any atom is -0.497 e. The van der Waals surface area contributed by atoms with E-state index in [0.29, 0.717) is 12.5 Å². The molecule has 1 aromatic carbocycles. The number of carbonyl (C=O) groups excluding carboxylic acids is 1. The molecule has 0 aliphatic carbocycles. The molecule has 23 heavy (non-hydrogen) atoms. The van der Waals surface area contributed by atoms with Gasteiger partial charge in [-0.1, -0.05) is 32.1 Å². The van der Waals surface area contributed by atoms with Gasteiger partial charge in [0.1, 0.15) is 11.9 Å². The first-order valence-corrected chi connectivity index (χ1v) is 7.90. The van der Waals surface area contributed by atoms with Crippen LogP contribution in [0.5, 0.6) is 5.75 Å². The van der Waals surface area contributed by atoms with Crippen LogP contribution in [0.15, 0.2) is 36.9 Å². The minimum atomic E-state index is -0.569. The third kappa shape index (κ3) is 6.16. The van der Waals surface area contributed by atoms with Crippen LogP contribution in [0.2, 0.25) is 0 Å². The highest BCUT2D eigenvalue weighted by Gasteiger charge is 2.28. The Hall–Kier alpha value is -1.65. The summed E-state index contributed by atoms with van der Waals surface area (Å²) in [5.41, 5.74) is 1.03. The fourth-order valence-corrected chi connectivity index (χ4v) is 2.58. The zero-order valence-corrected chi connectivity index (χ0v) is 14.5. The summed E-state index contributed by atoms with van der Waals surface area (Å²) in [4.78, 5) is 11.3. The molecule has 0 radical (unpaired) electrons. The van der Waals surface area contributed by atoms with Crippen molar-refractivity contribution >= 4 is 6.29 Å². The zero-order chi connectivity index (χ0) is 17.2. The molecule has 4 heteroatoms. The van der Waals surface area contributed by atoms with Gasteiger partial charge in [0.15, 0.2) is 6.29 Å². The van der Waals surface area contributed by atoms with Crippen LogP contribution in [-0.4, -0.2) is 32.7 Å². The second kappa shape index (κ2) is 10.2. The first-order valence-electron chi connectivity index (χ1n) is 7.90. The van der Waals surface area contributed by atoms with Gasteiger partial charge in [0.2, 0.25) is 0 Å². The van der Waals surface area contributed by atoms with Crippen LogP contribution >= 0.6 is 0 Å². The van der Waals surface area contributed by atoms with Gasteiger partial charge < -0.3 is 19.0 Å². The highest BCUT2D eigenvalue weighted by Crippen LogP contribution is 2.23. The molecule has 4 atom stereocenters. The van der Waals surface area contributed by atoms with Crippen molar-refractivity contribution in [3.8, 4) is 5.75 Å². The number of rotatable bonds is 11. The third-order valence-electron chi connectivity index (χ3n) is 4.04. The van der Waals surface area contributed by atoms with Crippen LogP contribution in [0, 0.1) is 11.8 Å². The first-order chi connectivity index (χ1) is 11.0. The zero-order valence-electron chi connectivity index (χ0n) is 14.5. The molecule has 128 valence electrons. The van der Waals surface area contributed by atoms with E-state index in [2.05, 4.69) is 20.4 Å². The maximum absolute atomic E-state index is 11.3. The number of aldehydes is 1. The smallest absolute Gasteiger partial charge is 0.151 e. The van der Waals surface area contributed by atoms with Crippen molar-refractivity contribution in [2.45, 2.75) is 39.1 Å². The lowest BCUT2D eigenvalue weighted by atomic mass is 9.90. The van der Waals surface area contributed by atoms with Crippen LogP contribution in [0.3, 0.4) is 0 Å². The normalized spacial score (nSPS) is 16.2. The molecule has 0 amide bonds. The van der Waals surface area contributed by atoms with E-state index in [9.17, 15) is 4.79 Å². The molecule has 1 aromatic rings. The highest BCUT2D eigenvalue weighted by molar-refractivity contribution is 5.57. The average Bonchev–Trinajstić information content (AvgIpc) is 2.58. The van der Waals surface area contributed by atoms with Crippen molar-refractivity contribution in [1.82, 2.24) is 0 Å². The SMILES string of the molecule is C=C[C@@H](C)C[C@@H](C)[C@@H](OCc1ccc(OC)cc1)[C@@H](C=O)OC. The van der Waals surface area contributed by atoms with Crippen molar-refractivity contribution < 1.29 is 19.0 Å². The Balaban J connectivity index is 2.74. The summed E-state index contributed by atoms with van der Waals surface area (Å²) in [6.07, 6.45) is 2.76. The monoisotopic (exact) mass is 320 g/mol. The van der Waals surface area contributed by atoms with Crippen molar-refractivity contribution in [2.24, 2.45) is 11.8 Å². The Morgan fingerprint density at radius 3 is 2.30 bits per heavy atom. The minimum absolute atomic E-state index is 0.177. The molecule has 0 saturated carbocycles. The van der Waals surface area contributed by atoms with Gasteiger partial charge in [-0.25, -0.2) is 0 Å². The number of benzene rings is 1. The van der Waals surface area contributed by atoms with Gasteiger partial charge in [0.25, 0.3) is 0 Å². The van der Waals surface area contributed by atoms with E-state index in [1.807, 2.05) is 30.3 Å². The van der Waals surface area contributed by atoms with Gasteiger partial charge >= 0.3 is 0 Å². The second-order valence-electron chi connectivity index (χ2n) is 5.89. The lowest BCUT2D eigenvalue weighted by molar-refractivity contribution is -0.133. The summed E-state index contributed by atoms with van der Waals surface area (Å²) in [5, 5.41) is 0. The lowest BCUT2D eigenvalue weighted by Crippen LogP contribution is -2.38. The van der Waals surface area contributed by atoms with E-state index < -0.39 is 6.10 Å². The van der Waals surface area contributed by atoms with Crippen molar-refractivity contribution in [3.05, 3.63) is 42.5 Å². The van der Waals surface area contributed by atoms with Crippen molar-refractivity contribution in [2.75, 3.05) is 14.2 Å². The average molecular weight is 320 g/mol. The summed E-state index contributed by atoms with van der Waals surface area (Å²) in [7, 11) is 3.17. The van der Waals surface area contributed by atoms with Crippen LogP contribution in [0.25, 0.3) is 0 Å². The van der Waals surface area contributed by atoms with Gasteiger partial charge in [0.05, 0.1) is 19.8 Å². The van der Waals surface area contributed by atoms with E-state index in [-0.39, 0.29) is 12.0 Å². The van der Waals surface area contributed by atoms with Crippen LogP contribution < -0.4 is 4.74 Å². The third-order valence-corrected chi connectivity index (χ3v) is 4.04. The Labute approximate surface area is 139 Å². The molecule has 0 aliphatic rings. The van der Waals surface area contributed by atoms with Gasteiger partial charge in [-0.05, 0) is 36.0 Å². The molecular weight excluding hydrogens is 292 g/mol.